The molecule has 0 atom stereocenters. The second-order valence-electron chi connectivity index (χ2n) is 8.71. The van der Waals surface area contributed by atoms with Gasteiger partial charge >= 0.3 is 5.97 Å². The number of carboxylic acids is 1. The third kappa shape index (κ3) is 7.23. The molecule has 3 aromatic carbocycles. The summed E-state index contributed by atoms with van der Waals surface area (Å²) in [6.07, 6.45) is 0.398. The van der Waals surface area contributed by atoms with E-state index in [1.54, 1.807) is 12.1 Å². The van der Waals surface area contributed by atoms with Crippen molar-refractivity contribution in [2.75, 3.05) is 19.0 Å². The van der Waals surface area contributed by atoms with Crippen molar-refractivity contribution >= 4 is 23.1 Å². The van der Waals surface area contributed by atoms with Gasteiger partial charge in [0.2, 0.25) is 0 Å². The topological polar surface area (TPSA) is 111 Å². The van der Waals surface area contributed by atoms with Crippen molar-refractivity contribution in [1.82, 2.24) is 5.16 Å². The molecule has 0 bridgehead atoms. The summed E-state index contributed by atoms with van der Waals surface area (Å²) in [5, 5.41) is 20.5. The minimum atomic E-state index is -0.852. The number of nitrogens with zero attached hydrogens (tertiary/aromatic N) is 3. The summed E-state index contributed by atoms with van der Waals surface area (Å²) in [7, 11) is 1.48. The summed E-state index contributed by atoms with van der Waals surface area (Å²) in [5.41, 5.74) is 6.40. The van der Waals surface area contributed by atoms with Gasteiger partial charge in [0.05, 0.1) is 12.3 Å². The van der Waals surface area contributed by atoms with Crippen molar-refractivity contribution in [1.29, 1.82) is 0 Å². The lowest BCUT2D eigenvalue weighted by Crippen LogP contribution is -2.13. The van der Waals surface area contributed by atoms with Gasteiger partial charge in [0.25, 0.3) is 0 Å². The van der Waals surface area contributed by atoms with Crippen LogP contribution in [0.15, 0.2) is 82.5 Å². The van der Waals surface area contributed by atoms with Gasteiger partial charge in [0.15, 0.2) is 11.4 Å². The van der Waals surface area contributed by atoms with Crippen LogP contribution in [0.3, 0.4) is 0 Å². The Hall–Kier alpha value is -5.10. The zero-order valence-corrected chi connectivity index (χ0v) is 21.7. The molecule has 4 rings (SSSR count). The molecule has 9 heteroatoms. The van der Waals surface area contributed by atoms with Crippen LogP contribution in [0.25, 0.3) is 16.2 Å². The predicted molar refractivity (Wildman–Crippen MR) is 148 cm³/mol. The molecule has 0 radical (unpaired) electrons. The van der Waals surface area contributed by atoms with E-state index in [9.17, 15) is 4.79 Å². The number of aryl methyl sites for hydroxylation is 1. The van der Waals surface area contributed by atoms with Crippen molar-refractivity contribution in [3.05, 3.63) is 107 Å². The fourth-order valence-electron chi connectivity index (χ4n) is 3.94. The number of carbonyl (C=O) groups is 1. The Bertz CT molecular complexity index is 1470. The van der Waals surface area contributed by atoms with E-state index in [0.29, 0.717) is 41.6 Å². The van der Waals surface area contributed by atoms with Crippen molar-refractivity contribution in [2.24, 2.45) is 5.16 Å². The van der Waals surface area contributed by atoms with Crippen LogP contribution in [0.2, 0.25) is 0 Å². The van der Waals surface area contributed by atoms with Gasteiger partial charge < -0.3 is 24.5 Å². The standard InChI is InChI=1S/C30H28N4O5/c1-20-27(16-17-29(35)36)30(39-33-20)23-8-12-25(13-9-23)32-18-21-4-14-26(15-5-21)38-19-28(34-37-3)22-6-10-24(31-2)11-7-22/h4-15,32H,16-19H2,1,3H3,(H,35,36)/b34-28+. The van der Waals surface area contributed by atoms with Gasteiger partial charge in [0.1, 0.15) is 25.2 Å². The number of anilines is 1. The molecule has 0 unspecified atom stereocenters. The molecule has 9 nitrogen and oxygen atoms in total. The Labute approximate surface area is 226 Å². The maximum atomic E-state index is 11.0. The number of rotatable bonds is 12. The molecule has 1 heterocycles. The highest BCUT2D eigenvalue weighted by molar-refractivity contribution is 6.01. The van der Waals surface area contributed by atoms with Gasteiger partial charge in [-0.15, -0.1) is 0 Å². The molecular weight excluding hydrogens is 496 g/mol. The van der Waals surface area contributed by atoms with E-state index >= 15 is 0 Å². The van der Waals surface area contributed by atoms with Gasteiger partial charge in [-0.05, 0) is 55.3 Å². The highest BCUT2D eigenvalue weighted by Gasteiger charge is 2.16. The van der Waals surface area contributed by atoms with Crippen LogP contribution < -0.4 is 10.1 Å². The molecule has 0 spiro atoms. The highest BCUT2D eigenvalue weighted by atomic mass is 16.6. The minimum absolute atomic E-state index is 0.0262. The van der Waals surface area contributed by atoms with E-state index < -0.39 is 5.97 Å². The van der Waals surface area contributed by atoms with Crippen LogP contribution in [-0.2, 0) is 22.6 Å². The summed E-state index contributed by atoms with van der Waals surface area (Å²) >= 11 is 0. The zero-order valence-electron chi connectivity index (χ0n) is 21.7. The second-order valence-corrected chi connectivity index (χ2v) is 8.71. The number of ether oxygens (including phenoxy) is 1. The number of aromatic nitrogens is 1. The minimum Gasteiger partial charge on any atom is -0.487 e. The van der Waals surface area contributed by atoms with Crippen LogP contribution in [0, 0.1) is 13.5 Å². The van der Waals surface area contributed by atoms with Gasteiger partial charge in [-0.1, -0.05) is 46.7 Å². The van der Waals surface area contributed by atoms with Crippen molar-refractivity contribution in [2.45, 2.75) is 26.3 Å². The molecule has 39 heavy (non-hydrogen) atoms. The molecule has 0 amide bonds. The van der Waals surface area contributed by atoms with E-state index in [0.717, 1.165) is 27.9 Å². The molecular formula is C30H28N4O5. The maximum Gasteiger partial charge on any atom is 0.303 e. The lowest BCUT2D eigenvalue weighted by atomic mass is 10.0. The van der Waals surface area contributed by atoms with Crippen molar-refractivity contribution in [3.63, 3.8) is 0 Å². The smallest absolute Gasteiger partial charge is 0.303 e. The summed E-state index contributed by atoms with van der Waals surface area (Å²) in [5.74, 6) is 0.454. The number of oxime groups is 1. The van der Waals surface area contributed by atoms with E-state index in [-0.39, 0.29) is 13.0 Å². The van der Waals surface area contributed by atoms with E-state index in [2.05, 4.69) is 20.5 Å². The number of benzene rings is 3. The first-order valence-electron chi connectivity index (χ1n) is 12.3. The third-order valence-electron chi connectivity index (χ3n) is 6.05. The van der Waals surface area contributed by atoms with Gasteiger partial charge in [-0.25, -0.2) is 4.85 Å². The molecule has 1 aromatic heterocycles. The lowest BCUT2D eigenvalue weighted by Gasteiger charge is -2.11. The van der Waals surface area contributed by atoms with Crippen LogP contribution in [0.1, 0.15) is 28.8 Å². The van der Waals surface area contributed by atoms with Crippen LogP contribution in [-0.4, -0.2) is 35.7 Å². The SMILES string of the molecule is [C-]#[N+]c1ccc(/C(COc2ccc(CNc3ccc(-c4onc(C)c4CCC(=O)O)cc3)cc2)=N/OC)cc1. The lowest BCUT2D eigenvalue weighted by molar-refractivity contribution is -0.136. The van der Waals surface area contributed by atoms with Crippen molar-refractivity contribution < 1.29 is 24.0 Å². The molecule has 0 fully saturated rings. The predicted octanol–water partition coefficient (Wildman–Crippen LogP) is 6.26. The molecule has 0 saturated carbocycles. The Morgan fingerprint density at radius 1 is 1.08 bits per heavy atom. The van der Waals surface area contributed by atoms with Crippen LogP contribution >= 0.6 is 0 Å². The molecule has 0 aliphatic rings. The first-order chi connectivity index (χ1) is 19.0. The summed E-state index contributed by atoms with van der Waals surface area (Å²) < 4.78 is 11.4. The molecule has 4 aromatic rings. The highest BCUT2D eigenvalue weighted by Crippen LogP contribution is 2.28. The molecule has 198 valence electrons. The number of carboxylic acid groups (broad SMARTS) is 1. The Morgan fingerprint density at radius 3 is 2.44 bits per heavy atom. The van der Waals surface area contributed by atoms with Gasteiger partial charge in [-0.2, -0.15) is 0 Å². The fourth-order valence-corrected chi connectivity index (χ4v) is 3.94. The van der Waals surface area contributed by atoms with E-state index in [1.807, 2.05) is 67.6 Å². The summed E-state index contributed by atoms with van der Waals surface area (Å²) in [4.78, 5) is 19.3. The van der Waals surface area contributed by atoms with Crippen molar-refractivity contribution in [3.8, 4) is 17.1 Å². The average Bonchev–Trinajstić information content (AvgIpc) is 3.34. The largest absolute Gasteiger partial charge is 0.487 e. The second kappa shape index (κ2) is 12.9. The summed E-state index contributed by atoms with van der Waals surface area (Å²) in [6.45, 7) is 9.74. The van der Waals surface area contributed by atoms with Crippen LogP contribution in [0.4, 0.5) is 11.4 Å². The molecule has 0 aliphatic carbocycles. The van der Waals surface area contributed by atoms with E-state index in [4.69, 9.17) is 25.8 Å². The van der Waals surface area contributed by atoms with Gasteiger partial charge in [-0.3, -0.25) is 4.79 Å². The zero-order chi connectivity index (χ0) is 27.6. The van der Waals surface area contributed by atoms with Gasteiger partial charge in [0, 0.05) is 35.3 Å². The monoisotopic (exact) mass is 524 g/mol. The molecule has 0 aliphatic heterocycles. The van der Waals surface area contributed by atoms with E-state index in [1.165, 1.54) is 7.11 Å². The normalized spacial score (nSPS) is 11.1. The first kappa shape index (κ1) is 26.9. The average molecular weight is 525 g/mol. The first-order valence-corrected chi connectivity index (χ1v) is 12.3. The number of hydrogen-bond acceptors (Lipinski definition) is 7. The number of aliphatic carboxylic acids is 1. The maximum absolute atomic E-state index is 11.0. The quantitative estimate of drug-likeness (QED) is 0.128. The fraction of sp³-hybridized carbons (Fsp3) is 0.200. The Balaban J connectivity index is 1.32. The van der Waals surface area contributed by atoms with Crippen LogP contribution in [0.5, 0.6) is 5.75 Å². The molecule has 2 N–H and O–H groups in total. The Kier molecular flexibility index (Phi) is 8.93. The molecule has 0 saturated heterocycles. The summed E-state index contributed by atoms with van der Waals surface area (Å²) in [6, 6.07) is 22.6. The number of hydrogen-bond donors (Lipinski definition) is 2. The Morgan fingerprint density at radius 2 is 1.79 bits per heavy atom. The number of nitrogens with one attached hydrogen (secondary N) is 1. The third-order valence-corrected chi connectivity index (χ3v) is 6.05.